The molecule has 2 rings (SSSR count). The molecule has 0 spiro atoms. The number of hydrogen-bond acceptors (Lipinski definition) is 2. The van der Waals surface area contributed by atoms with E-state index in [1.54, 1.807) is 0 Å². The molecule has 2 nitrogen and oxygen atoms in total. The number of halogens is 1. The van der Waals surface area contributed by atoms with Crippen LogP contribution in [-0.2, 0) is 0 Å². The van der Waals surface area contributed by atoms with Crippen molar-refractivity contribution in [1.29, 1.82) is 0 Å². The van der Waals surface area contributed by atoms with Gasteiger partial charge in [-0.1, -0.05) is 17.7 Å². The van der Waals surface area contributed by atoms with Crippen molar-refractivity contribution in [3.05, 3.63) is 58.9 Å². The summed E-state index contributed by atoms with van der Waals surface area (Å²) in [6, 6.07) is 9.86. The Labute approximate surface area is 117 Å². The van der Waals surface area contributed by atoms with Crippen molar-refractivity contribution >= 4 is 24.2 Å². The molecule has 0 heterocycles. The van der Waals surface area contributed by atoms with E-state index in [-0.39, 0.29) is 10.8 Å². The van der Waals surface area contributed by atoms with Gasteiger partial charge in [-0.15, -0.1) is 12.6 Å². The number of carbonyl (C=O) groups excluding carboxylic acids is 1. The molecule has 0 saturated heterocycles. The van der Waals surface area contributed by atoms with Crippen molar-refractivity contribution in [3.63, 3.8) is 0 Å². The van der Waals surface area contributed by atoms with E-state index in [0.717, 1.165) is 16.8 Å². The van der Waals surface area contributed by atoms with Crippen molar-refractivity contribution in [2.45, 2.75) is 18.7 Å². The van der Waals surface area contributed by atoms with Crippen molar-refractivity contribution in [1.82, 2.24) is 0 Å². The summed E-state index contributed by atoms with van der Waals surface area (Å²) in [5.41, 5.74) is 3.25. The summed E-state index contributed by atoms with van der Waals surface area (Å²) in [4.78, 5) is 12.2. The Morgan fingerprint density at radius 1 is 1.16 bits per heavy atom. The molecule has 0 radical (unpaired) electrons. The second-order valence-corrected chi connectivity index (χ2v) is 4.92. The predicted octanol–water partition coefficient (Wildman–Crippen LogP) is 3.98. The molecule has 2 aromatic carbocycles. The van der Waals surface area contributed by atoms with Crippen LogP contribution in [0, 0.1) is 19.7 Å². The second kappa shape index (κ2) is 5.45. The van der Waals surface area contributed by atoms with Gasteiger partial charge in [0.05, 0.1) is 0 Å². The Hall–Kier alpha value is -1.81. The summed E-state index contributed by atoms with van der Waals surface area (Å²) in [6.45, 7) is 3.92. The van der Waals surface area contributed by atoms with E-state index in [1.165, 1.54) is 18.2 Å². The number of aryl methyl sites for hydroxylation is 2. The van der Waals surface area contributed by atoms with Crippen LogP contribution in [0.2, 0.25) is 0 Å². The smallest absolute Gasteiger partial charge is 0.255 e. The SMILES string of the molecule is Cc1ccc(NC(=O)c2ccc(F)c(S)c2)c(C)c1. The van der Waals surface area contributed by atoms with E-state index in [9.17, 15) is 9.18 Å². The number of hydrogen-bond donors (Lipinski definition) is 2. The Balaban J connectivity index is 2.23. The fraction of sp³-hybridized carbons (Fsp3) is 0.133. The van der Waals surface area contributed by atoms with E-state index >= 15 is 0 Å². The minimum atomic E-state index is -0.439. The van der Waals surface area contributed by atoms with Crippen LogP contribution in [-0.4, -0.2) is 5.91 Å². The van der Waals surface area contributed by atoms with Crippen LogP contribution < -0.4 is 5.32 Å². The van der Waals surface area contributed by atoms with Gasteiger partial charge < -0.3 is 5.32 Å². The number of benzene rings is 2. The molecule has 0 unspecified atom stereocenters. The summed E-state index contributed by atoms with van der Waals surface area (Å²) in [6.07, 6.45) is 0. The normalized spacial score (nSPS) is 10.3. The highest BCUT2D eigenvalue weighted by molar-refractivity contribution is 7.80. The molecule has 19 heavy (non-hydrogen) atoms. The fourth-order valence-electron chi connectivity index (χ4n) is 1.80. The molecular formula is C15H14FNOS. The molecule has 0 aliphatic carbocycles. The summed E-state index contributed by atoms with van der Waals surface area (Å²) in [5.74, 6) is -0.714. The highest BCUT2D eigenvalue weighted by Gasteiger charge is 2.09. The van der Waals surface area contributed by atoms with Crippen LogP contribution in [0.3, 0.4) is 0 Å². The van der Waals surface area contributed by atoms with Gasteiger partial charge >= 0.3 is 0 Å². The van der Waals surface area contributed by atoms with Gasteiger partial charge in [0.2, 0.25) is 0 Å². The van der Waals surface area contributed by atoms with Crippen molar-refractivity contribution in [2.75, 3.05) is 5.32 Å². The monoisotopic (exact) mass is 275 g/mol. The lowest BCUT2D eigenvalue weighted by Crippen LogP contribution is -2.13. The maximum Gasteiger partial charge on any atom is 0.255 e. The average molecular weight is 275 g/mol. The van der Waals surface area contributed by atoms with Gasteiger partial charge in [0.15, 0.2) is 0 Å². The molecular weight excluding hydrogens is 261 g/mol. The van der Waals surface area contributed by atoms with Crippen LogP contribution in [0.4, 0.5) is 10.1 Å². The highest BCUT2D eigenvalue weighted by Crippen LogP contribution is 2.19. The number of nitrogens with one attached hydrogen (secondary N) is 1. The first kappa shape index (κ1) is 13.6. The summed E-state index contributed by atoms with van der Waals surface area (Å²) < 4.78 is 13.1. The fourth-order valence-corrected chi connectivity index (χ4v) is 2.02. The van der Waals surface area contributed by atoms with Crippen LogP contribution in [0.25, 0.3) is 0 Å². The topological polar surface area (TPSA) is 29.1 Å². The average Bonchev–Trinajstić information content (AvgIpc) is 2.36. The number of amides is 1. The Kier molecular flexibility index (Phi) is 3.90. The summed E-state index contributed by atoms with van der Waals surface area (Å²) in [7, 11) is 0. The maximum absolute atomic E-state index is 13.1. The lowest BCUT2D eigenvalue weighted by Gasteiger charge is -2.09. The zero-order chi connectivity index (χ0) is 14.0. The van der Waals surface area contributed by atoms with Crippen molar-refractivity contribution in [3.8, 4) is 0 Å². The lowest BCUT2D eigenvalue weighted by molar-refractivity contribution is 0.102. The Morgan fingerprint density at radius 3 is 2.53 bits per heavy atom. The molecule has 0 aliphatic heterocycles. The summed E-state index contributed by atoms with van der Waals surface area (Å²) in [5, 5.41) is 2.81. The van der Waals surface area contributed by atoms with E-state index in [4.69, 9.17) is 0 Å². The van der Waals surface area contributed by atoms with E-state index in [1.807, 2.05) is 32.0 Å². The van der Waals surface area contributed by atoms with Crippen molar-refractivity contribution < 1.29 is 9.18 Å². The molecule has 0 bridgehead atoms. The minimum absolute atomic E-state index is 0.160. The number of thiol groups is 1. The van der Waals surface area contributed by atoms with Gasteiger partial charge in [0, 0.05) is 16.1 Å². The van der Waals surface area contributed by atoms with Gasteiger partial charge in [-0.05, 0) is 43.7 Å². The van der Waals surface area contributed by atoms with Crippen LogP contribution in [0.5, 0.6) is 0 Å². The molecule has 0 aliphatic rings. The third-order valence-corrected chi connectivity index (χ3v) is 3.18. The van der Waals surface area contributed by atoms with Crippen LogP contribution in [0.15, 0.2) is 41.3 Å². The zero-order valence-corrected chi connectivity index (χ0v) is 11.6. The van der Waals surface area contributed by atoms with Crippen LogP contribution >= 0.6 is 12.6 Å². The predicted molar refractivity (Wildman–Crippen MR) is 77.5 cm³/mol. The van der Waals surface area contributed by atoms with Gasteiger partial charge in [0.1, 0.15) is 5.82 Å². The molecule has 0 atom stereocenters. The van der Waals surface area contributed by atoms with Crippen LogP contribution in [0.1, 0.15) is 21.5 Å². The molecule has 98 valence electrons. The Morgan fingerprint density at radius 2 is 1.89 bits per heavy atom. The molecule has 4 heteroatoms. The molecule has 0 saturated carbocycles. The largest absolute Gasteiger partial charge is 0.322 e. The zero-order valence-electron chi connectivity index (χ0n) is 10.7. The third-order valence-electron chi connectivity index (χ3n) is 2.84. The van der Waals surface area contributed by atoms with E-state index < -0.39 is 5.82 Å². The number of carbonyl (C=O) groups is 1. The Bertz CT molecular complexity index is 640. The third kappa shape index (κ3) is 3.15. The number of rotatable bonds is 2. The quantitative estimate of drug-likeness (QED) is 0.797. The van der Waals surface area contributed by atoms with Gasteiger partial charge in [-0.25, -0.2) is 4.39 Å². The molecule has 0 aromatic heterocycles. The standard InChI is InChI=1S/C15H14FNOS/c1-9-3-6-13(10(2)7-9)17-15(18)11-4-5-12(16)14(19)8-11/h3-8,19H,1-2H3,(H,17,18). The van der Waals surface area contributed by atoms with Crippen molar-refractivity contribution in [2.24, 2.45) is 0 Å². The summed E-state index contributed by atoms with van der Waals surface area (Å²) >= 11 is 3.97. The van der Waals surface area contributed by atoms with Gasteiger partial charge in [-0.2, -0.15) is 0 Å². The van der Waals surface area contributed by atoms with E-state index in [0.29, 0.717) is 5.56 Å². The first-order chi connectivity index (χ1) is 8.97. The molecule has 1 N–H and O–H groups in total. The second-order valence-electron chi connectivity index (χ2n) is 4.44. The van der Waals surface area contributed by atoms with Gasteiger partial charge in [-0.3, -0.25) is 4.79 Å². The van der Waals surface area contributed by atoms with Gasteiger partial charge in [0.25, 0.3) is 5.91 Å². The lowest BCUT2D eigenvalue weighted by atomic mass is 10.1. The highest BCUT2D eigenvalue weighted by atomic mass is 32.1. The molecule has 2 aromatic rings. The molecule has 1 amide bonds. The minimum Gasteiger partial charge on any atom is -0.322 e. The first-order valence-corrected chi connectivity index (χ1v) is 6.29. The number of anilines is 1. The van der Waals surface area contributed by atoms with E-state index in [2.05, 4.69) is 17.9 Å². The maximum atomic E-state index is 13.1. The molecule has 0 fully saturated rings. The first-order valence-electron chi connectivity index (χ1n) is 5.84.